The van der Waals surface area contributed by atoms with Gasteiger partial charge in [-0.2, -0.15) is 0 Å². The van der Waals surface area contributed by atoms with Crippen molar-refractivity contribution in [1.29, 1.82) is 0 Å². The zero-order valence-electron chi connectivity index (χ0n) is 11.0. The van der Waals surface area contributed by atoms with Crippen LogP contribution in [0.4, 0.5) is 4.79 Å². The molecular weight excluding hydrogens is 224 g/mol. The summed E-state index contributed by atoms with van der Waals surface area (Å²) in [5.74, 6) is 0. The summed E-state index contributed by atoms with van der Waals surface area (Å²) in [6, 6.07) is 10.5. The third-order valence-corrected chi connectivity index (χ3v) is 3.36. The summed E-state index contributed by atoms with van der Waals surface area (Å²) in [5.41, 5.74) is 1.18. The highest BCUT2D eigenvalue weighted by atomic mass is 16.2. The van der Waals surface area contributed by atoms with Crippen molar-refractivity contribution >= 4 is 12.1 Å². The number of hydrogen-bond donors (Lipinski definition) is 0. The van der Waals surface area contributed by atoms with E-state index in [1.807, 2.05) is 41.8 Å². The monoisotopic (exact) mass is 244 g/mol. The van der Waals surface area contributed by atoms with Gasteiger partial charge in [-0.1, -0.05) is 42.5 Å². The van der Waals surface area contributed by atoms with E-state index in [1.54, 1.807) is 0 Å². The standard InChI is InChI=1S/C15H20N2O/c1-3-16-12-14(17(4-2)15(16)18)11-10-13-8-6-5-7-9-13/h5-11,14H,3-4,12H2,1-2H3/b11-10+/t14-/m1/s1. The third kappa shape index (κ3) is 2.55. The first-order valence-corrected chi connectivity index (χ1v) is 6.55. The maximum absolute atomic E-state index is 12.0. The minimum Gasteiger partial charge on any atom is -0.323 e. The van der Waals surface area contributed by atoms with E-state index in [4.69, 9.17) is 0 Å². The van der Waals surface area contributed by atoms with E-state index >= 15 is 0 Å². The summed E-state index contributed by atoms with van der Waals surface area (Å²) in [5, 5.41) is 0. The second-order valence-corrected chi connectivity index (χ2v) is 4.44. The summed E-state index contributed by atoms with van der Waals surface area (Å²) in [6.45, 7) is 6.39. The molecule has 0 bridgehead atoms. The van der Waals surface area contributed by atoms with Gasteiger partial charge in [0.05, 0.1) is 6.04 Å². The number of likely N-dealkylation sites (N-methyl/N-ethyl adjacent to an activating group) is 2. The zero-order chi connectivity index (χ0) is 13.0. The number of carbonyl (C=O) groups excluding carboxylic acids is 1. The molecule has 1 aliphatic heterocycles. The molecule has 2 amide bonds. The van der Waals surface area contributed by atoms with Crippen molar-refractivity contribution in [3.63, 3.8) is 0 Å². The van der Waals surface area contributed by atoms with Gasteiger partial charge < -0.3 is 9.80 Å². The zero-order valence-corrected chi connectivity index (χ0v) is 11.0. The summed E-state index contributed by atoms with van der Waals surface area (Å²) in [6.07, 6.45) is 4.23. The molecule has 1 aromatic carbocycles. The highest BCUT2D eigenvalue weighted by Gasteiger charge is 2.33. The molecule has 0 spiro atoms. The smallest absolute Gasteiger partial charge is 0.320 e. The van der Waals surface area contributed by atoms with Crippen molar-refractivity contribution in [3.05, 3.63) is 42.0 Å². The predicted octanol–water partition coefficient (Wildman–Crippen LogP) is 2.85. The van der Waals surface area contributed by atoms with Gasteiger partial charge in [-0.15, -0.1) is 0 Å². The van der Waals surface area contributed by atoms with Gasteiger partial charge in [0.1, 0.15) is 0 Å². The molecule has 1 atom stereocenters. The van der Waals surface area contributed by atoms with E-state index in [-0.39, 0.29) is 12.1 Å². The van der Waals surface area contributed by atoms with Crippen LogP contribution < -0.4 is 0 Å². The SMILES string of the molecule is CCN1C[C@@H](/C=C/c2ccccc2)N(CC)C1=O. The molecule has 1 saturated heterocycles. The first-order valence-electron chi connectivity index (χ1n) is 6.55. The van der Waals surface area contributed by atoms with Crippen LogP contribution in [-0.2, 0) is 0 Å². The van der Waals surface area contributed by atoms with Crippen molar-refractivity contribution in [2.45, 2.75) is 19.9 Å². The number of amides is 2. The molecule has 1 heterocycles. The summed E-state index contributed by atoms with van der Waals surface area (Å²) in [7, 11) is 0. The van der Waals surface area contributed by atoms with E-state index in [9.17, 15) is 4.79 Å². The van der Waals surface area contributed by atoms with E-state index in [0.29, 0.717) is 0 Å². The molecule has 0 aromatic heterocycles. The Morgan fingerprint density at radius 3 is 2.56 bits per heavy atom. The van der Waals surface area contributed by atoms with E-state index < -0.39 is 0 Å². The topological polar surface area (TPSA) is 23.6 Å². The van der Waals surface area contributed by atoms with Crippen molar-refractivity contribution < 1.29 is 4.79 Å². The average Bonchev–Trinajstić information content (AvgIpc) is 2.73. The molecule has 0 saturated carbocycles. The Balaban J connectivity index is 2.09. The molecule has 3 nitrogen and oxygen atoms in total. The van der Waals surface area contributed by atoms with Gasteiger partial charge >= 0.3 is 6.03 Å². The highest BCUT2D eigenvalue weighted by Crippen LogP contribution is 2.17. The molecule has 18 heavy (non-hydrogen) atoms. The number of hydrogen-bond acceptors (Lipinski definition) is 1. The maximum atomic E-state index is 12.0. The van der Waals surface area contributed by atoms with Crippen LogP contribution in [0.5, 0.6) is 0 Å². The second-order valence-electron chi connectivity index (χ2n) is 4.44. The first kappa shape index (κ1) is 12.7. The Labute approximate surface area is 109 Å². The van der Waals surface area contributed by atoms with E-state index in [0.717, 1.165) is 19.6 Å². The van der Waals surface area contributed by atoms with Crippen molar-refractivity contribution in [1.82, 2.24) is 9.80 Å². The van der Waals surface area contributed by atoms with Gasteiger partial charge in [0.2, 0.25) is 0 Å². The lowest BCUT2D eigenvalue weighted by Gasteiger charge is -2.18. The summed E-state index contributed by atoms with van der Waals surface area (Å²) >= 11 is 0. The Hall–Kier alpha value is -1.77. The van der Waals surface area contributed by atoms with E-state index in [1.165, 1.54) is 5.56 Å². The molecule has 0 N–H and O–H groups in total. The Kier molecular flexibility index (Phi) is 4.03. The van der Waals surface area contributed by atoms with Crippen LogP contribution in [0.2, 0.25) is 0 Å². The second kappa shape index (κ2) is 5.71. The van der Waals surface area contributed by atoms with Gasteiger partial charge in [-0.25, -0.2) is 4.79 Å². The number of carbonyl (C=O) groups is 1. The van der Waals surface area contributed by atoms with Crippen LogP contribution in [0.15, 0.2) is 36.4 Å². The van der Waals surface area contributed by atoms with Crippen LogP contribution in [0.3, 0.4) is 0 Å². The molecular formula is C15H20N2O. The lowest BCUT2D eigenvalue weighted by atomic mass is 10.1. The van der Waals surface area contributed by atoms with Crippen molar-refractivity contribution in [2.24, 2.45) is 0 Å². The number of benzene rings is 1. The Morgan fingerprint density at radius 2 is 1.94 bits per heavy atom. The third-order valence-electron chi connectivity index (χ3n) is 3.36. The molecule has 0 aliphatic carbocycles. The fourth-order valence-electron chi connectivity index (χ4n) is 2.31. The largest absolute Gasteiger partial charge is 0.323 e. The number of rotatable bonds is 4. The summed E-state index contributed by atoms with van der Waals surface area (Å²) < 4.78 is 0. The normalized spacial score (nSPS) is 20.1. The molecule has 1 aromatic rings. The maximum Gasteiger partial charge on any atom is 0.320 e. The Bertz CT molecular complexity index is 427. The van der Waals surface area contributed by atoms with E-state index in [2.05, 4.69) is 24.3 Å². The van der Waals surface area contributed by atoms with Crippen molar-refractivity contribution in [3.8, 4) is 0 Å². The van der Waals surface area contributed by atoms with Crippen molar-refractivity contribution in [2.75, 3.05) is 19.6 Å². The minimum atomic E-state index is 0.155. The van der Waals surface area contributed by atoms with Gasteiger partial charge in [0.15, 0.2) is 0 Å². The van der Waals surface area contributed by atoms with Gasteiger partial charge in [-0.05, 0) is 19.4 Å². The predicted molar refractivity (Wildman–Crippen MR) is 74.3 cm³/mol. The van der Waals surface area contributed by atoms with Gasteiger partial charge in [0, 0.05) is 19.6 Å². The first-order chi connectivity index (χ1) is 8.76. The van der Waals surface area contributed by atoms with Crippen LogP contribution in [-0.4, -0.2) is 41.5 Å². The summed E-state index contributed by atoms with van der Waals surface area (Å²) in [4.78, 5) is 15.8. The molecule has 0 radical (unpaired) electrons. The quantitative estimate of drug-likeness (QED) is 0.799. The van der Waals surface area contributed by atoms with Crippen LogP contribution in [0.1, 0.15) is 19.4 Å². The molecule has 3 heteroatoms. The van der Waals surface area contributed by atoms with Crippen LogP contribution in [0, 0.1) is 0 Å². The molecule has 1 fully saturated rings. The van der Waals surface area contributed by atoms with Crippen LogP contribution >= 0.6 is 0 Å². The van der Waals surface area contributed by atoms with Gasteiger partial charge in [0.25, 0.3) is 0 Å². The fraction of sp³-hybridized carbons (Fsp3) is 0.400. The molecule has 0 unspecified atom stereocenters. The van der Waals surface area contributed by atoms with Crippen LogP contribution in [0.25, 0.3) is 6.08 Å². The average molecular weight is 244 g/mol. The number of nitrogens with zero attached hydrogens (tertiary/aromatic N) is 2. The lowest BCUT2D eigenvalue weighted by molar-refractivity contribution is 0.193. The Morgan fingerprint density at radius 1 is 1.22 bits per heavy atom. The lowest BCUT2D eigenvalue weighted by Crippen LogP contribution is -2.33. The highest BCUT2D eigenvalue weighted by molar-refractivity contribution is 5.78. The fourth-order valence-corrected chi connectivity index (χ4v) is 2.31. The molecule has 96 valence electrons. The van der Waals surface area contributed by atoms with Gasteiger partial charge in [-0.3, -0.25) is 0 Å². The molecule has 2 rings (SSSR count). The minimum absolute atomic E-state index is 0.155. The number of urea groups is 1. The molecule has 1 aliphatic rings.